The van der Waals surface area contributed by atoms with Gasteiger partial charge in [-0.15, -0.1) is 0 Å². The molecule has 0 bridgehead atoms. The van der Waals surface area contributed by atoms with E-state index in [4.69, 9.17) is 19.2 Å². The fourth-order valence-corrected chi connectivity index (χ4v) is 4.31. The lowest BCUT2D eigenvalue weighted by atomic mass is 9.81. The fourth-order valence-electron chi connectivity index (χ4n) is 4.31. The SMILES string of the molecule is COC(=O)c1ccc(C2=NC(C)(C)Cc3cc(OC)c4c(c32)CC(C)(C)O4)cc1. The molecule has 0 N–H and O–H groups in total. The van der Waals surface area contributed by atoms with Crippen LogP contribution >= 0.6 is 0 Å². The van der Waals surface area contributed by atoms with Gasteiger partial charge in [-0.25, -0.2) is 4.79 Å². The molecule has 0 aromatic heterocycles. The first-order valence-corrected chi connectivity index (χ1v) is 9.85. The van der Waals surface area contributed by atoms with E-state index in [2.05, 4.69) is 33.8 Å². The van der Waals surface area contributed by atoms with Gasteiger partial charge in [0.25, 0.3) is 0 Å². The highest BCUT2D eigenvalue weighted by Crippen LogP contribution is 2.47. The lowest BCUT2D eigenvalue weighted by Crippen LogP contribution is -2.30. The normalized spacial score (nSPS) is 18.2. The van der Waals surface area contributed by atoms with E-state index in [1.807, 2.05) is 12.1 Å². The van der Waals surface area contributed by atoms with Crippen LogP contribution in [-0.2, 0) is 17.6 Å². The smallest absolute Gasteiger partial charge is 0.337 e. The Labute approximate surface area is 171 Å². The molecule has 2 aromatic rings. The molecule has 5 heteroatoms. The third kappa shape index (κ3) is 3.39. The molecule has 2 aliphatic rings. The Morgan fingerprint density at radius 2 is 1.76 bits per heavy atom. The summed E-state index contributed by atoms with van der Waals surface area (Å²) < 4.78 is 16.7. The summed E-state index contributed by atoms with van der Waals surface area (Å²) in [6, 6.07) is 9.54. The van der Waals surface area contributed by atoms with Crippen molar-refractivity contribution in [1.82, 2.24) is 0 Å². The van der Waals surface area contributed by atoms with E-state index in [1.54, 1.807) is 19.2 Å². The number of methoxy groups -OCH3 is 2. The van der Waals surface area contributed by atoms with E-state index in [1.165, 1.54) is 12.7 Å². The number of aliphatic imine (C=N–C) groups is 1. The van der Waals surface area contributed by atoms with Gasteiger partial charge in [0.05, 0.1) is 31.0 Å². The molecule has 2 aromatic carbocycles. The van der Waals surface area contributed by atoms with Gasteiger partial charge in [0, 0.05) is 23.1 Å². The quantitative estimate of drug-likeness (QED) is 0.727. The summed E-state index contributed by atoms with van der Waals surface area (Å²) in [4.78, 5) is 16.9. The first-order chi connectivity index (χ1) is 13.6. The van der Waals surface area contributed by atoms with Gasteiger partial charge in [0.2, 0.25) is 0 Å². The molecule has 2 aliphatic heterocycles. The number of hydrogen-bond acceptors (Lipinski definition) is 5. The monoisotopic (exact) mass is 393 g/mol. The molecule has 0 saturated heterocycles. The van der Waals surface area contributed by atoms with Crippen molar-refractivity contribution < 1.29 is 19.0 Å². The second kappa shape index (κ2) is 6.61. The summed E-state index contributed by atoms with van der Waals surface area (Å²) in [6.45, 7) is 8.46. The Kier molecular flexibility index (Phi) is 4.45. The van der Waals surface area contributed by atoms with Gasteiger partial charge in [0.15, 0.2) is 11.5 Å². The van der Waals surface area contributed by atoms with Crippen LogP contribution in [-0.4, -0.2) is 37.0 Å². The molecule has 2 heterocycles. The number of carbonyl (C=O) groups is 1. The molecule has 5 nitrogen and oxygen atoms in total. The van der Waals surface area contributed by atoms with E-state index in [0.717, 1.165) is 46.7 Å². The fraction of sp³-hybridized carbons (Fsp3) is 0.417. The molecule has 0 fully saturated rings. The molecule has 0 unspecified atom stereocenters. The summed E-state index contributed by atoms with van der Waals surface area (Å²) in [5.41, 5.74) is 5.41. The first-order valence-electron chi connectivity index (χ1n) is 9.85. The molecule has 29 heavy (non-hydrogen) atoms. The van der Waals surface area contributed by atoms with Gasteiger partial charge in [-0.2, -0.15) is 0 Å². The summed E-state index contributed by atoms with van der Waals surface area (Å²) in [6.07, 6.45) is 1.62. The number of fused-ring (bicyclic) bond motifs is 3. The number of nitrogens with zero attached hydrogens (tertiary/aromatic N) is 1. The van der Waals surface area contributed by atoms with Crippen molar-refractivity contribution in [2.24, 2.45) is 4.99 Å². The molecule has 0 spiro atoms. The van der Waals surface area contributed by atoms with Gasteiger partial charge in [-0.1, -0.05) is 12.1 Å². The third-order valence-corrected chi connectivity index (χ3v) is 5.48. The molecule has 0 saturated carbocycles. The number of carbonyl (C=O) groups excluding carboxylic acids is 1. The minimum atomic E-state index is -0.344. The minimum absolute atomic E-state index is 0.239. The summed E-state index contributed by atoms with van der Waals surface area (Å²) >= 11 is 0. The Morgan fingerprint density at radius 3 is 2.38 bits per heavy atom. The maximum atomic E-state index is 11.8. The first kappa shape index (κ1) is 19.5. The van der Waals surface area contributed by atoms with Crippen LogP contribution in [0.1, 0.15) is 60.3 Å². The van der Waals surface area contributed by atoms with E-state index in [-0.39, 0.29) is 17.1 Å². The van der Waals surface area contributed by atoms with Crippen molar-refractivity contribution in [2.45, 2.75) is 51.7 Å². The number of rotatable bonds is 3. The van der Waals surface area contributed by atoms with Crippen LogP contribution in [0.2, 0.25) is 0 Å². The number of ether oxygens (including phenoxy) is 3. The number of benzene rings is 2. The van der Waals surface area contributed by atoms with Crippen molar-refractivity contribution >= 4 is 11.7 Å². The molecule has 0 aliphatic carbocycles. The topological polar surface area (TPSA) is 57.1 Å². The second-order valence-electron chi connectivity index (χ2n) is 8.98. The van der Waals surface area contributed by atoms with E-state index in [9.17, 15) is 4.79 Å². The van der Waals surface area contributed by atoms with Crippen molar-refractivity contribution in [1.29, 1.82) is 0 Å². The second-order valence-corrected chi connectivity index (χ2v) is 8.98. The minimum Gasteiger partial charge on any atom is -0.493 e. The third-order valence-electron chi connectivity index (χ3n) is 5.48. The number of esters is 1. The Morgan fingerprint density at radius 1 is 1.07 bits per heavy atom. The van der Waals surface area contributed by atoms with Crippen molar-refractivity contribution in [2.75, 3.05) is 14.2 Å². The Balaban J connectivity index is 1.90. The lowest BCUT2D eigenvalue weighted by Gasteiger charge is -2.31. The molecular formula is C24H27NO4. The molecule has 152 valence electrons. The van der Waals surface area contributed by atoms with E-state index >= 15 is 0 Å². The zero-order valence-corrected chi connectivity index (χ0v) is 17.9. The standard InChI is InChI=1S/C24H27NO4/c1-23(2)12-16-11-18(27-5)21-17(13-24(3,4)29-21)19(16)20(25-23)14-7-9-15(10-8-14)22(26)28-6/h7-11H,12-13H2,1-6H3. The van der Waals surface area contributed by atoms with Crippen molar-refractivity contribution in [3.05, 3.63) is 58.1 Å². The molecular weight excluding hydrogens is 366 g/mol. The average Bonchev–Trinajstić information content (AvgIpc) is 3.00. The van der Waals surface area contributed by atoms with Crippen LogP contribution in [0.15, 0.2) is 35.3 Å². The highest BCUT2D eigenvalue weighted by atomic mass is 16.5. The van der Waals surface area contributed by atoms with Crippen LogP contribution in [0.3, 0.4) is 0 Å². The Bertz CT molecular complexity index is 1020. The predicted molar refractivity (Wildman–Crippen MR) is 113 cm³/mol. The molecule has 0 atom stereocenters. The van der Waals surface area contributed by atoms with Gasteiger partial charge in [0.1, 0.15) is 5.60 Å². The van der Waals surface area contributed by atoms with Gasteiger partial charge >= 0.3 is 5.97 Å². The zero-order valence-electron chi connectivity index (χ0n) is 17.9. The van der Waals surface area contributed by atoms with Gasteiger partial charge in [-0.3, -0.25) is 4.99 Å². The zero-order chi connectivity index (χ0) is 21.0. The Hall–Kier alpha value is -2.82. The van der Waals surface area contributed by atoms with E-state index < -0.39 is 0 Å². The van der Waals surface area contributed by atoms with Crippen LogP contribution in [0.25, 0.3) is 0 Å². The van der Waals surface area contributed by atoms with E-state index in [0.29, 0.717) is 5.56 Å². The lowest BCUT2D eigenvalue weighted by molar-refractivity contribution is 0.0600. The molecule has 0 amide bonds. The molecule has 0 radical (unpaired) electrons. The summed E-state index contributed by atoms with van der Waals surface area (Å²) in [5.74, 6) is 1.25. The predicted octanol–water partition coefficient (Wildman–Crippen LogP) is 4.37. The van der Waals surface area contributed by atoms with Crippen LogP contribution in [0.4, 0.5) is 0 Å². The largest absolute Gasteiger partial charge is 0.493 e. The summed E-state index contributed by atoms with van der Waals surface area (Å²) in [7, 11) is 3.07. The molecule has 4 rings (SSSR count). The average molecular weight is 393 g/mol. The van der Waals surface area contributed by atoms with Crippen LogP contribution in [0, 0.1) is 0 Å². The van der Waals surface area contributed by atoms with Crippen molar-refractivity contribution in [3.8, 4) is 11.5 Å². The van der Waals surface area contributed by atoms with Crippen LogP contribution < -0.4 is 9.47 Å². The highest BCUT2D eigenvalue weighted by molar-refractivity contribution is 6.16. The maximum absolute atomic E-state index is 11.8. The van der Waals surface area contributed by atoms with Gasteiger partial charge < -0.3 is 14.2 Å². The van der Waals surface area contributed by atoms with Crippen molar-refractivity contribution in [3.63, 3.8) is 0 Å². The number of hydrogen-bond donors (Lipinski definition) is 0. The highest BCUT2D eigenvalue weighted by Gasteiger charge is 2.39. The van der Waals surface area contributed by atoms with Crippen LogP contribution in [0.5, 0.6) is 11.5 Å². The van der Waals surface area contributed by atoms with Gasteiger partial charge in [-0.05, 0) is 57.9 Å². The maximum Gasteiger partial charge on any atom is 0.337 e. The summed E-state index contributed by atoms with van der Waals surface area (Å²) in [5, 5.41) is 0.